The van der Waals surface area contributed by atoms with Crippen molar-refractivity contribution in [1.82, 2.24) is 4.90 Å². The third-order valence-corrected chi connectivity index (χ3v) is 4.00. The highest BCUT2D eigenvalue weighted by Gasteiger charge is 2.22. The van der Waals surface area contributed by atoms with Crippen LogP contribution in [0.5, 0.6) is 0 Å². The first-order valence-corrected chi connectivity index (χ1v) is 6.96. The molecule has 0 radical (unpaired) electrons. The van der Waals surface area contributed by atoms with Gasteiger partial charge in [0, 0.05) is 30.3 Å². The van der Waals surface area contributed by atoms with E-state index >= 15 is 0 Å². The Bertz CT molecular complexity index is 386. The van der Waals surface area contributed by atoms with Gasteiger partial charge in [-0.3, -0.25) is 4.90 Å². The molecule has 2 nitrogen and oxygen atoms in total. The summed E-state index contributed by atoms with van der Waals surface area (Å²) in [5.41, 5.74) is 6.96. The zero-order chi connectivity index (χ0) is 13.0. The van der Waals surface area contributed by atoms with Crippen LogP contribution in [0.25, 0.3) is 0 Å². The van der Waals surface area contributed by atoms with Gasteiger partial charge in [0.2, 0.25) is 0 Å². The molecule has 1 saturated carbocycles. The van der Waals surface area contributed by atoms with E-state index in [2.05, 4.69) is 11.8 Å². The van der Waals surface area contributed by atoms with Crippen LogP contribution in [0.1, 0.15) is 43.7 Å². The summed E-state index contributed by atoms with van der Waals surface area (Å²) in [7, 11) is 0. The molecule has 0 saturated heterocycles. The summed E-state index contributed by atoms with van der Waals surface area (Å²) in [6.45, 7) is 4.12. The highest BCUT2D eigenvalue weighted by molar-refractivity contribution is 5.26. The van der Waals surface area contributed by atoms with E-state index in [1.54, 1.807) is 6.07 Å². The fourth-order valence-corrected chi connectivity index (χ4v) is 2.90. The first-order chi connectivity index (χ1) is 8.76. The molecular weight excluding hydrogens is 227 g/mol. The van der Waals surface area contributed by atoms with Crippen LogP contribution in [0.3, 0.4) is 0 Å². The van der Waals surface area contributed by atoms with Crippen molar-refractivity contribution in [3.05, 3.63) is 35.1 Å². The number of halogens is 1. The standard InChI is InChI=1S/C15H23FN2/c1-2-18(14-8-3-4-9-14)11-13-7-5-6-12(10-17)15(13)16/h5-7,14H,2-4,8-11,17H2,1H3. The van der Waals surface area contributed by atoms with Crippen molar-refractivity contribution >= 4 is 0 Å². The Kier molecular flexibility index (Phi) is 4.72. The smallest absolute Gasteiger partial charge is 0.132 e. The highest BCUT2D eigenvalue weighted by Crippen LogP contribution is 2.25. The van der Waals surface area contributed by atoms with Gasteiger partial charge in [0.1, 0.15) is 5.82 Å². The average molecular weight is 250 g/mol. The van der Waals surface area contributed by atoms with Gasteiger partial charge in [-0.15, -0.1) is 0 Å². The molecule has 3 heteroatoms. The van der Waals surface area contributed by atoms with Crippen LogP contribution < -0.4 is 5.73 Å². The molecule has 1 aromatic rings. The number of benzene rings is 1. The SMILES string of the molecule is CCN(Cc1cccc(CN)c1F)C1CCCC1. The first-order valence-electron chi connectivity index (χ1n) is 6.96. The molecule has 0 aromatic heterocycles. The van der Waals surface area contributed by atoms with Gasteiger partial charge < -0.3 is 5.73 Å². The van der Waals surface area contributed by atoms with Gasteiger partial charge in [-0.25, -0.2) is 4.39 Å². The second-order valence-electron chi connectivity index (χ2n) is 5.10. The Hall–Kier alpha value is -0.930. The lowest BCUT2D eigenvalue weighted by atomic mass is 10.1. The van der Waals surface area contributed by atoms with Crippen molar-refractivity contribution in [3.8, 4) is 0 Å². The van der Waals surface area contributed by atoms with E-state index in [9.17, 15) is 4.39 Å². The van der Waals surface area contributed by atoms with Crippen molar-refractivity contribution in [2.24, 2.45) is 5.73 Å². The van der Waals surface area contributed by atoms with E-state index in [4.69, 9.17) is 5.73 Å². The Morgan fingerprint density at radius 1 is 1.28 bits per heavy atom. The van der Waals surface area contributed by atoms with Gasteiger partial charge in [0.05, 0.1) is 0 Å². The molecule has 0 amide bonds. The minimum Gasteiger partial charge on any atom is -0.326 e. The maximum absolute atomic E-state index is 14.1. The van der Waals surface area contributed by atoms with Crippen LogP contribution >= 0.6 is 0 Å². The molecule has 2 rings (SSSR count). The summed E-state index contributed by atoms with van der Waals surface area (Å²) in [5, 5.41) is 0. The van der Waals surface area contributed by atoms with E-state index in [1.165, 1.54) is 25.7 Å². The van der Waals surface area contributed by atoms with Gasteiger partial charge in [-0.1, -0.05) is 38.0 Å². The number of rotatable bonds is 5. The quantitative estimate of drug-likeness (QED) is 0.870. The van der Waals surface area contributed by atoms with E-state index in [0.717, 1.165) is 12.1 Å². The fourth-order valence-electron chi connectivity index (χ4n) is 2.90. The Morgan fingerprint density at radius 3 is 2.56 bits per heavy atom. The number of nitrogens with zero attached hydrogens (tertiary/aromatic N) is 1. The monoisotopic (exact) mass is 250 g/mol. The molecule has 100 valence electrons. The van der Waals surface area contributed by atoms with Gasteiger partial charge in [-0.2, -0.15) is 0 Å². The van der Waals surface area contributed by atoms with E-state index in [-0.39, 0.29) is 12.4 Å². The fraction of sp³-hybridized carbons (Fsp3) is 0.600. The second-order valence-corrected chi connectivity index (χ2v) is 5.10. The van der Waals surface area contributed by atoms with E-state index < -0.39 is 0 Å². The zero-order valence-electron chi connectivity index (χ0n) is 11.2. The highest BCUT2D eigenvalue weighted by atomic mass is 19.1. The predicted octanol–water partition coefficient (Wildman–Crippen LogP) is 3.05. The first kappa shape index (κ1) is 13.5. The lowest BCUT2D eigenvalue weighted by Crippen LogP contribution is -2.32. The zero-order valence-corrected chi connectivity index (χ0v) is 11.2. The molecule has 0 heterocycles. The van der Waals surface area contributed by atoms with Gasteiger partial charge in [0.15, 0.2) is 0 Å². The molecule has 2 N–H and O–H groups in total. The van der Waals surface area contributed by atoms with Crippen LogP contribution in [0.4, 0.5) is 4.39 Å². The molecule has 18 heavy (non-hydrogen) atoms. The number of hydrogen-bond acceptors (Lipinski definition) is 2. The lowest BCUT2D eigenvalue weighted by molar-refractivity contribution is 0.197. The van der Waals surface area contributed by atoms with Crippen LogP contribution in [-0.2, 0) is 13.1 Å². The topological polar surface area (TPSA) is 29.3 Å². The molecule has 0 bridgehead atoms. The summed E-state index contributed by atoms with van der Waals surface area (Å²) in [6.07, 6.45) is 5.14. The van der Waals surface area contributed by atoms with Crippen molar-refractivity contribution in [1.29, 1.82) is 0 Å². The van der Waals surface area contributed by atoms with Gasteiger partial charge >= 0.3 is 0 Å². The third kappa shape index (κ3) is 2.90. The molecule has 1 aromatic carbocycles. The van der Waals surface area contributed by atoms with Crippen LogP contribution in [0.2, 0.25) is 0 Å². The molecule has 0 aliphatic heterocycles. The Balaban J connectivity index is 2.11. The largest absolute Gasteiger partial charge is 0.326 e. The van der Waals surface area contributed by atoms with Gasteiger partial charge in [-0.05, 0) is 19.4 Å². The van der Waals surface area contributed by atoms with Crippen molar-refractivity contribution in [2.45, 2.75) is 51.7 Å². The van der Waals surface area contributed by atoms with Crippen LogP contribution in [-0.4, -0.2) is 17.5 Å². The molecular formula is C15H23FN2. The predicted molar refractivity (Wildman–Crippen MR) is 72.6 cm³/mol. The summed E-state index contributed by atoms with van der Waals surface area (Å²) in [4.78, 5) is 2.39. The molecule has 0 unspecified atom stereocenters. The molecule has 1 fully saturated rings. The second kappa shape index (κ2) is 6.30. The molecule has 1 aliphatic carbocycles. The molecule has 1 aliphatic rings. The maximum Gasteiger partial charge on any atom is 0.132 e. The van der Waals surface area contributed by atoms with Crippen LogP contribution in [0.15, 0.2) is 18.2 Å². The summed E-state index contributed by atoms with van der Waals surface area (Å²) >= 11 is 0. The Labute approximate surface area is 109 Å². The number of nitrogens with two attached hydrogens (primary N) is 1. The summed E-state index contributed by atoms with van der Waals surface area (Å²) in [6, 6.07) is 6.19. The normalized spacial score (nSPS) is 16.7. The minimum absolute atomic E-state index is 0.114. The van der Waals surface area contributed by atoms with Crippen molar-refractivity contribution in [3.63, 3.8) is 0 Å². The van der Waals surface area contributed by atoms with E-state index in [1.807, 2.05) is 12.1 Å². The molecule has 0 atom stereocenters. The average Bonchev–Trinajstić information content (AvgIpc) is 2.91. The van der Waals surface area contributed by atoms with Crippen molar-refractivity contribution < 1.29 is 4.39 Å². The van der Waals surface area contributed by atoms with Gasteiger partial charge in [0.25, 0.3) is 0 Å². The van der Waals surface area contributed by atoms with Crippen molar-refractivity contribution in [2.75, 3.05) is 6.54 Å². The molecule has 0 spiro atoms. The summed E-state index contributed by atoms with van der Waals surface area (Å²) in [5.74, 6) is -0.114. The minimum atomic E-state index is -0.114. The van der Waals surface area contributed by atoms with E-state index in [0.29, 0.717) is 18.2 Å². The number of hydrogen-bond donors (Lipinski definition) is 1. The third-order valence-electron chi connectivity index (χ3n) is 4.00. The summed E-state index contributed by atoms with van der Waals surface area (Å²) < 4.78 is 14.1. The van der Waals surface area contributed by atoms with Crippen LogP contribution in [0, 0.1) is 5.82 Å². The maximum atomic E-state index is 14.1. The Morgan fingerprint density at radius 2 is 1.94 bits per heavy atom. The lowest BCUT2D eigenvalue weighted by Gasteiger charge is -2.27.